The maximum absolute atomic E-state index is 10.6. The molecule has 1 aromatic carbocycles. The Labute approximate surface area is 123 Å². The van der Waals surface area contributed by atoms with Gasteiger partial charge in [0.25, 0.3) is 0 Å². The molecule has 0 aliphatic heterocycles. The van der Waals surface area contributed by atoms with Gasteiger partial charge in [-0.3, -0.25) is 4.79 Å². The lowest BCUT2D eigenvalue weighted by Crippen LogP contribution is -2.14. The number of nitrogens with two attached hydrogens (primary N) is 1. The molecule has 0 saturated carbocycles. The number of aryl methyl sites for hydroxylation is 1. The first-order valence-electron chi connectivity index (χ1n) is 6.67. The van der Waals surface area contributed by atoms with E-state index in [1.165, 1.54) is 0 Å². The van der Waals surface area contributed by atoms with Crippen LogP contribution in [-0.4, -0.2) is 22.5 Å². The number of nitrogens with zero attached hydrogens (tertiary/aromatic N) is 2. The Balaban J connectivity index is 1.83. The zero-order chi connectivity index (χ0) is 15.1. The Morgan fingerprint density at radius 2 is 2.05 bits per heavy atom. The van der Waals surface area contributed by atoms with E-state index >= 15 is 0 Å². The molecule has 0 atom stereocenters. The van der Waals surface area contributed by atoms with E-state index in [4.69, 9.17) is 10.5 Å². The number of anilines is 1. The number of hydrogen-bond donors (Lipinski definition) is 2. The Morgan fingerprint density at radius 3 is 2.71 bits per heavy atom. The van der Waals surface area contributed by atoms with Crippen molar-refractivity contribution in [3.8, 4) is 5.75 Å². The first-order valence-corrected chi connectivity index (χ1v) is 6.67. The summed E-state index contributed by atoms with van der Waals surface area (Å²) in [5.74, 6) is 1.10. The van der Waals surface area contributed by atoms with Crippen molar-refractivity contribution < 1.29 is 9.53 Å². The van der Waals surface area contributed by atoms with Gasteiger partial charge in [0, 0.05) is 11.9 Å². The highest BCUT2D eigenvalue weighted by atomic mass is 16.5. The standard InChI is InChI=1S/C15H18N4O2/c1-11-17-8-6-13(19-11)10-18-12-2-4-14(5-3-12)21-9-7-15(16)20/h2-6,8,18H,7,9-10H2,1H3,(H2,16,20). The fourth-order valence-electron chi connectivity index (χ4n) is 1.73. The molecule has 6 nitrogen and oxygen atoms in total. The van der Waals surface area contributed by atoms with Gasteiger partial charge in [-0.05, 0) is 37.3 Å². The highest BCUT2D eigenvalue weighted by Gasteiger charge is 1.99. The number of rotatable bonds is 7. The van der Waals surface area contributed by atoms with Gasteiger partial charge in [-0.25, -0.2) is 9.97 Å². The third-order valence-corrected chi connectivity index (χ3v) is 2.78. The van der Waals surface area contributed by atoms with Crippen molar-refractivity contribution in [2.45, 2.75) is 19.9 Å². The molecule has 0 spiro atoms. The summed E-state index contributed by atoms with van der Waals surface area (Å²) >= 11 is 0. The lowest BCUT2D eigenvalue weighted by atomic mass is 10.3. The van der Waals surface area contributed by atoms with E-state index in [-0.39, 0.29) is 12.3 Å². The summed E-state index contributed by atoms with van der Waals surface area (Å²) in [5.41, 5.74) is 6.95. The minimum absolute atomic E-state index is 0.215. The van der Waals surface area contributed by atoms with Crippen molar-refractivity contribution in [1.82, 2.24) is 9.97 Å². The van der Waals surface area contributed by atoms with Gasteiger partial charge in [0.1, 0.15) is 11.6 Å². The fourth-order valence-corrected chi connectivity index (χ4v) is 1.73. The van der Waals surface area contributed by atoms with Crippen molar-refractivity contribution >= 4 is 11.6 Å². The average molecular weight is 286 g/mol. The highest BCUT2D eigenvalue weighted by Crippen LogP contribution is 2.16. The summed E-state index contributed by atoms with van der Waals surface area (Å²) in [4.78, 5) is 19.0. The van der Waals surface area contributed by atoms with E-state index in [9.17, 15) is 4.79 Å². The van der Waals surface area contributed by atoms with Gasteiger partial charge in [0.05, 0.1) is 25.3 Å². The molecule has 0 radical (unpaired) electrons. The Hall–Kier alpha value is -2.63. The molecule has 0 fully saturated rings. The van der Waals surface area contributed by atoms with Crippen LogP contribution in [0.4, 0.5) is 5.69 Å². The van der Waals surface area contributed by atoms with Crippen molar-refractivity contribution in [1.29, 1.82) is 0 Å². The van der Waals surface area contributed by atoms with Crippen LogP contribution in [0.1, 0.15) is 17.9 Å². The summed E-state index contributed by atoms with van der Waals surface area (Å²) in [6.45, 7) is 2.79. The number of benzene rings is 1. The van der Waals surface area contributed by atoms with E-state index in [0.717, 1.165) is 17.2 Å². The molecule has 0 saturated heterocycles. The van der Waals surface area contributed by atoms with Crippen LogP contribution in [0.15, 0.2) is 36.5 Å². The molecule has 110 valence electrons. The summed E-state index contributed by atoms with van der Waals surface area (Å²) < 4.78 is 5.40. The molecule has 0 unspecified atom stereocenters. The third kappa shape index (κ3) is 5.10. The number of carbonyl (C=O) groups excluding carboxylic acids is 1. The van der Waals surface area contributed by atoms with Crippen LogP contribution >= 0.6 is 0 Å². The van der Waals surface area contributed by atoms with Crippen molar-refractivity contribution in [3.63, 3.8) is 0 Å². The lowest BCUT2D eigenvalue weighted by Gasteiger charge is -2.08. The van der Waals surface area contributed by atoms with Crippen LogP contribution in [0.3, 0.4) is 0 Å². The molecule has 6 heteroatoms. The van der Waals surface area contributed by atoms with Crippen LogP contribution < -0.4 is 15.8 Å². The molecule has 0 aliphatic rings. The Kier molecular flexibility index (Phi) is 5.09. The van der Waals surface area contributed by atoms with Crippen molar-refractivity contribution in [3.05, 3.63) is 48.0 Å². The fraction of sp³-hybridized carbons (Fsp3) is 0.267. The van der Waals surface area contributed by atoms with Gasteiger partial charge in [0.2, 0.25) is 5.91 Å². The monoisotopic (exact) mass is 286 g/mol. The van der Waals surface area contributed by atoms with E-state index in [1.807, 2.05) is 37.3 Å². The smallest absolute Gasteiger partial charge is 0.220 e. The second kappa shape index (κ2) is 7.23. The number of amides is 1. The van der Waals surface area contributed by atoms with E-state index in [0.29, 0.717) is 18.9 Å². The topological polar surface area (TPSA) is 90.1 Å². The van der Waals surface area contributed by atoms with Crippen LogP contribution in [0, 0.1) is 6.92 Å². The molecule has 21 heavy (non-hydrogen) atoms. The van der Waals surface area contributed by atoms with Crippen LogP contribution in [-0.2, 0) is 11.3 Å². The molecule has 2 aromatic rings. The summed E-state index contributed by atoms with van der Waals surface area (Å²) in [6.07, 6.45) is 1.96. The average Bonchev–Trinajstić information content (AvgIpc) is 2.46. The van der Waals surface area contributed by atoms with Gasteiger partial charge < -0.3 is 15.8 Å². The number of hydrogen-bond acceptors (Lipinski definition) is 5. The van der Waals surface area contributed by atoms with Crippen LogP contribution in [0.25, 0.3) is 0 Å². The van der Waals surface area contributed by atoms with Crippen molar-refractivity contribution in [2.75, 3.05) is 11.9 Å². The number of ether oxygens (including phenoxy) is 1. The van der Waals surface area contributed by atoms with Crippen LogP contribution in [0.2, 0.25) is 0 Å². The molecule has 0 bridgehead atoms. The number of primary amides is 1. The summed E-state index contributed by atoms with van der Waals surface area (Å²) in [5, 5.41) is 3.27. The van der Waals surface area contributed by atoms with Gasteiger partial charge in [0.15, 0.2) is 0 Å². The number of aromatic nitrogens is 2. The molecule has 2 rings (SSSR count). The van der Waals surface area contributed by atoms with Gasteiger partial charge in [-0.1, -0.05) is 0 Å². The molecule has 0 aliphatic carbocycles. The van der Waals surface area contributed by atoms with E-state index in [2.05, 4.69) is 15.3 Å². The normalized spacial score (nSPS) is 10.1. The number of nitrogens with one attached hydrogen (secondary N) is 1. The zero-order valence-electron chi connectivity index (χ0n) is 11.9. The predicted molar refractivity (Wildman–Crippen MR) is 79.8 cm³/mol. The molecule has 1 amide bonds. The predicted octanol–water partition coefficient (Wildman–Crippen LogP) is 1.65. The summed E-state index contributed by atoms with van der Waals surface area (Å²) in [7, 11) is 0. The van der Waals surface area contributed by atoms with Gasteiger partial charge in [-0.15, -0.1) is 0 Å². The largest absolute Gasteiger partial charge is 0.493 e. The number of carbonyl (C=O) groups is 1. The minimum atomic E-state index is -0.367. The molecular weight excluding hydrogens is 268 g/mol. The third-order valence-electron chi connectivity index (χ3n) is 2.78. The van der Waals surface area contributed by atoms with E-state index < -0.39 is 0 Å². The minimum Gasteiger partial charge on any atom is -0.493 e. The van der Waals surface area contributed by atoms with E-state index in [1.54, 1.807) is 6.20 Å². The molecule has 1 heterocycles. The van der Waals surface area contributed by atoms with Gasteiger partial charge >= 0.3 is 0 Å². The highest BCUT2D eigenvalue weighted by molar-refractivity contribution is 5.73. The maximum Gasteiger partial charge on any atom is 0.220 e. The maximum atomic E-state index is 10.6. The lowest BCUT2D eigenvalue weighted by molar-refractivity contribution is -0.118. The molecular formula is C15H18N4O2. The Bertz CT molecular complexity index is 599. The molecule has 1 aromatic heterocycles. The molecule has 3 N–H and O–H groups in total. The second-order valence-electron chi connectivity index (χ2n) is 4.54. The van der Waals surface area contributed by atoms with Crippen molar-refractivity contribution in [2.24, 2.45) is 5.73 Å². The first-order chi connectivity index (χ1) is 10.1. The Morgan fingerprint density at radius 1 is 1.29 bits per heavy atom. The van der Waals surface area contributed by atoms with Gasteiger partial charge in [-0.2, -0.15) is 0 Å². The SMILES string of the molecule is Cc1nccc(CNc2ccc(OCCC(N)=O)cc2)n1. The summed E-state index contributed by atoms with van der Waals surface area (Å²) in [6, 6.07) is 9.38. The first kappa shape index (κ1) is 14.8. The quantitative estimate of drug-likeness (QED) is 0.807. The van der Waals surface area contributed by atoms with Crippen LogP contribution in [0.5, 0.6) is 5.75 Å². The zero-order valence-corrected chi connectivity index (χ0v) is 11.9. The second-order valence-corrected chi connectivity index (χ2v) is 4.54.